The number of carbonyl (C=O) groups excluding carboxylic acids is 1. The lowest BCUT2D eigenvalue weighted by Gasteiger charge is -2.20. The van der Waals surface area contributed by atoms with Crippen LogP contribution in [0.25, 0.3) is 0 Å². The van der Waals surface area contributed by atoms with Crippen molar-refractivity contribution >= 4 is 17.2 Å². The first-order valence-corrected chi connectivity index (χ1v) is 8.68. The lowest BCUT2D eigenvalue weighted by atomic mass is 9.95. The van der Waals surface area contributed by atoms with E-state index in [1.165, 1.54) is 23.3 Å². The number of hydrogen-bond acceptors (Lipinski definition) is 3. The highest BCUT2D eigenvalue weighted by atomic mass is 32.1. The predicted molar refractivity (Wildman–Crippen MR) is 79.1 cm³/mol. The highest BCUT2D eigenvalue weighted by molar-refractivity contribution is 7.10. The summed E-state index contributed by atoms with van der Waals surface area (Å²) in [4.78, 5) is 16.2. The van der Waals surface area contributed by atoms with Crippen LogP contribution in [0.15, 0.2) is 5.38 Å². The van der Waals surface area contributed by atoms with Crippen molar-refractivity contribution in [2.75, 3.05) is 13.1 Å². The maximum absolute atomic E-state index is 12.8. The van der Waals surface area contributed by atoms with Crippen molar-refractivity contribution in [1.29, 1.82) is 0 Å². The molecule has 1 N–H and O–H groups in total. The first-order chi connectivity index (χ1) is 9.74. The molecule has 20 heavy (non-hydrogen) atoms. The largest absolute Gasteiger partial charge is 0.393 e. The number of nitrogens with zero attached hydrogens (tertiary/aromatic N) is 1. The van der Waals surface area contributed by atoms with Gasteiger partial charge in [0.15, 0.2) is 0 Å². The molecule has 3 aliphatic rings. The maximum Gasteiger partial charge on any atom is 0.255 e. The lowest BCUT2D eigenvalue weighted by molar-refractivity contribution is 0.0751. The Morgan fingerprint density at radius 3 is 2.95 bits per heavy atom. The van der Waals surface area contributed by atoms with Gasteiger partial charge in [-0.15, -0.1) is 11.3 Å². The molecule has 0 bridgehead atoms. The molecule has 2 fully saturated rings. The number of thiophene rings is 1. The van der Waals surface area contributed by atoms with Crippen molar-refractivity contribution in [2.45, 2.75) is 44.6 Å². The molecule has 4 heteroatoms. The summed E-state index contributed by atoms with van der Waals surface area (Å²) in [6.45, 7) is 1.61. The van der Waals surface area contributed by atoms with E-state index < -0.39 is 0 Å². The van der Waals surface area contributed by atoms with Gasteiger partial charge in [0.1, 0.15) is 0 Å². The molecule has 0 spiro atoms. The Bertz CT molecular complexity index is 539. The second-order valence-corrected chi connectivity index (χ2v) is 7.50. The van der Waals surface area contributed by atoms with Crippen molar-refractivity contribution in [1.82, 2.24) is 4.90 Å². The van der Waals surface area contributed by atoms with E-state index in [1.807, 2.05) is 4.90 Å². The van der Waals surface area contributed by atoms with Gasteiger partial charge in [0.05, 0.1) is 11.7 Å². The lowest BCUT2D eigenvalue weighted by Crippen LogP contribution is -2.31. The molecule has 3 nitrogen and oxygen atoms in total. The number of carbonyl (C=O) groups is 1. The van der Waals surface area contributed by atoms with Crippen LogP contribution in [0, 0.1) is 11.8 Å². The Morgan fingerprint density at radius 1 is 1.25 bits per heavy atom. The third kappa shape index (κ3) is 1.92. The minimum Gasteiger partial charge on any atom is -0.393 e. The van der Waals surface area contributed by atoms with Crippen LogP contribution in [-0.2, 0) is 12.8 Å². The zero-order valence-electron chi connectivity index (χ0n) is 11.7. The van der Waals surface area contributed by atoms with Gasteiger partial charge >= 0.3 is 0 Å². The predicted octanol–water partition coefficient (Wildman–Crippen LogP) is 2.47. The first-order valence-electron chi connectivity index (χ1n) is 7.80. The molecule has 2 heterocycles. The minimum atomic E-state index is -0.186. The normalized spacial score (nSPS) is 32.2. The average molecular weight is 291 g/mol. The van der Waals surface area contributed by atoms with E-state index >= 15 is 0 Å². The molecular weight excluding hydrogens is 270 g/mol. The van der Waals surface area contributed by atoms with Gasteiger partial charge in [-0.2, -0.15) is 0 Å². The number of likely N-dealkylation sites (tertiary alicyclic amines) is 1. The topological polar surface area (TPSA) is 40.5 Å². The molecule has 1 aromatic rings. The fraction of sp³-hybridized carbons (Fsp3) is 0.688. The fourth-order valence-electron chi connectivity index (χ4n) is 4.25. The van der Waals surface area contributed by atoms with Crippen LogP contribution >= 0.6 is 11.3 Å². The number of fused-ring (bicyclic) bond motifs is 2. The molecule has 1 saturated carbocycles. The summed E-state index contributed by atoms with van der Waals surface area (Å²) in [6.07, 6.45) is 6.52. The van der Waals surface area contributed by atoms with Gasteiger partial charge in [0.25, 0.3) is 5.91 Å². The standard InChI is InChI=1S/C16H21NO2S/c18-14-6-5-10-7-17(8-12(10)14)16(19)13-9-20-15-4-2-1-3-11(13)15/h9-10,12,14,18H,1-8H2. The zero-order chi connectivity index (χ0) is 13.7. The molecule has 2 aliphatic carbocycles. The van der Waals surface area contributed by atoms with Gasteiger partial charge in [-0.05, 0) is 50.0 Å². The Morgan fingerprint density at radius 2 is 2.10 bits per heavy atom. The third-order valence-electron chi connectivity index (χ3n) is 5.40. The summed E-state index contributed by atoms with van der Waals surface area (Å²) < 4.78 is 0. The fourth-order valence-corrected chi connectivity index (χ4v) is 5.37. The molecule has 3 atom stereocenters. The van der Waals surface area contributed by atoms with Gasteiger partial charge in [-0.25, -0.2) is 0 Å². The second kappa shape index (κ2) is 4.85. The minimum absolute atomic E-state index is 0.186. The van der Waals surface area contributed by atoms with Crippen molar-refractivity contribution in [3.63, 3.8) is 0 Å². The highest BCUT2D eigenvalue weighted by Crippen LogP contribution is 2.39. The smallest absolute Gasteiger partial charge is 0.255 e. The van der Waals surface area contributed by atoms with Crippen LogP contribution < -0.4 is 0 Å². The van der Waals surface area contributed by atoms with E-state index in [1.54, 1.807) is 11.3 Å². The molecule has 108 valence electrons. The number of aliphatic hydroxyl groups excluding tert-OH is 1. The number of rotatable bonds is 1. The van der Waals surface area contributed by atoms with E-state index in [4.69, 9.17) is 0 Å². The summed E-state index contributed by atoms with van der Waals surface area (Å²) in [5, 5.41) is 12.1. The van der Waals surface area contributed by atoms with E-state index in [0.717, 1.165) is 44.3 Å². The average Bonchev–Trinajstić information content (AvgIpc) is 3.14. The highest BCUT2D eigenvalue weighted by Gasteiger charge is 2.43. The third-order valence-corrected chi connectivity index (χ3v) is 6.49. The summed E-state index contributed by atoms with van der Waals surface area (Å²) >= 11 is 1.76. The maximum atomic E-state index is 12.8. The van der Waals surface area contributed by atoms with Crippen LogP contribution in [0.4, 0.5) is 0 Å². The molecule has 1 saturated heterocycles. The monoisotopic (exact) mass is 291 g/mol. The number of hydrogen-bond donors (Lipinski definition) is 1. The molecule has 1 aromatic heterocycles. The number of amides is 1. The van der Waals surface area contributed by atoms with Gasteiger partial charge in [0.2, 0.25) is 0 Å². The Hall–Kier alpha value is -0.870. The van der Waals surface area contributed by atoms with Crippen molar-refractivity contribution in [3.8, 4) is 0 Å². The van der Waals surface area contributed by atoms with Crippen molar-refractivity contribution < 1.29 is 9.90 Å². The van der Waals surface area contributed by atoms with Gasteiger partial charge in [-0.3, -0.25) is 4.79 Å². The first kappa shape index (κ1) is 12.8. The molecule has 4 rings (SSSR count). The van der Waals surface area contributed by atoms with Crippen molar-refractivity contribution in [2.24, 2.45) is 11.8 Å². The van der Waals surface area contributed by atoms with Gasteiger partial charge < -0.3 is 10.0 Å². The number of aliphatic hydroxyl groups is 1. The molecule has 0 radical (unpaired) electrons. The van der Waals surface area contributed by atoms with Crippen LogP contribution in [0.5, 0.6) is 0 Å². The Labute approximate surface area is 123 Å². The molecule has 1 amide bonds. The van der Waals surface area contributed by atoms with Gasteiger partial charge in [0, 0.05) is 29.3 Å². The van der Waals surface area contributed by atoms with Gasteiger partial charge in [-0.1, -0.05) is 0 Å². The quantitative estimate of drug-likeness (QED) is 0.863. The van der Waals surface area contributed by atoms with Crippen LogP contribution in [0.3, 0.4) is 0 Å². The van der Waals surface area contributed by atoms with Crippen LogP contribution in [-0.4, -0.2) is 35.1 Å². The summed E-state index contributed by atoms with van der Waals surface area (Å²) in [6, 6.07) is 0. The Kier molecular flexibility index (Phi) is 3.11. The SMILES string of the molecule is O=C(c1csc2c1CCCC2)N1CC2CCC(O)C2C1. The molecule has 3 unspecified atom stereocenters. The summed E-state index contributed by atoms with van der Waals surface area (Å²) in [5.41, 5.74) is 2.28. The van der Waals surface area contributed by atoms with Crippen LogP contribution in [0.2, 0.25) is 0 Å². The summed E-state index contributed by atoms with van der Waals surface area (Å²) in [5.74, 6) is 1.07. The molecule has 0 aromatic carbocycles. The second-order valence-electron chi connectivity index (χ2n) is 6.54. The number of aryl methyl sites for hydroxylation is 1. The van der Waals surface area contributed by atoms with E-state index in [-0.39, 0.29) is 12.0 Å². The molecule has 1 aliphatic heterocycles. The Balaban J connectivity index is 1.55. The van der Waals surface area contributed by atoms with Crippen molar-refractivity contribution in [3.05, 3.63) is 21.4 Å². The molecular formula is C16H21NO2S. The zero-order valence-corrected chi connectivity index (χ0v) is 12.5. The van der Waals surface area contributed by atoms with Crippen LogP contribution in [0.1, 0.15) is 46.5 Å². The van der Waals surface area contributed by atoms with E-state index in [9.17, 15) is 9.90 Å². The summed E-state index contributed by atoms with van der Waals surface area (Å²) in [7, 11) is 0. The van der Waals surface area contributed by atoms with E-state index in [0.29, 0.717) is 11.8 Å². The van der Waals surface area contributed by atoms with E-state index in [2.05, 4.69) is 5.38 Å².